The molecule has 0 saturated heterocycles. The molecule has 0 spiro atoms. The van der Waals surface area contributed by atoms with E-state index in [0.717, 1.165) is 16.8 Å². The van der Waals surface area contributed by atoms with E-state index < -0.39 is 0 Å². The van der Waals surface area contributed by atoms with E-state index in [9.17, 15) is 4.79 Å². The summed E-state index contributed by atoms with van der Waals surface area (Å²) in [5.74, 6) is -0.225. The third-order valence-electron chi connectivity index (χ3n) is 3.04. The van der Waals surface area contributed by atoms with E-state index in [1.165, 1.54) is 0 Å². The van der Waals surface area contributed by atoms with E-state index >= 15 is 0 Å². The van der Waals surface area contributed by atoms with Crippen molar-refractivity contribution < 1.29 is 9.53 Å². The monoisotopic (exact) mass is 294 g/mol. The van der Waals surface area contributed by atoms with E-state index in [-0.39, 0.29) is 18.6 Å². The highest BCUT2D eigenvalue weighted by Gasteiger charge is 2.16. The highest BCUT2D eigenvalue weighted by atomic mass is 32.1. The van der Waals surface area contributed by atoms with Crippen LogP contribution in [0.2, 0.25) is 0 Å². The molecule has 0 fully saturated rings. The average Bonchev–Trinajstić information content (AvgIpc) is 2.35. The second-order valence-corrected chi connectivity index (χ2v) is 5.33. The van der Waals surface area contributed by atoms with Crippen molar-refractivity contribution in [2.75, 3.05) is 18.1 Å². The van der Waals surface area contributed by atoms with Gasteiger partial charge in [0.1, 0.15) is 11.5 Å². The number of anilines is 1. The predicted octanol–water partition coefficient (Wildman–Crippen LogP) is 2.41. The summed E-state index contributed by atoms with van der Waals surface area (Å²) in [6.45, 7) is 8.47. The Morgan fingerprint density at radius 2 is 2.10 bits per heavy atom. The molecule has 0 bridgehead atoms. The number of esters is 1. The summed E-state index contributed by atoms with van der Waals surface area (Å²) in [6.07, 6.45) is 0. The van der Waals surface area contributed by atoms with Crippen LogP contribution < -0.4 is 10.6 Å². The number of carbonyl (C=O) groups excluding carboxylic acids is 1. The van der Waals surface area contributed by atoms with E-state index in [0.29, 0.717) is 11.6 Å². The van der Waals surface area contributed by atoms with Crippen LogP contribution in [0.4, 0.5) is 5.69 Å². The number of benzene rings is 1. The molecule has 110 valence electrons. The van der Waals surface area contributed by atoms with Gasteiger partial charge in [0.25, 0.3) is 0 Å². The molecule has 0 heterocycles. The van der Waals surface area contributed by atoms with Crippen molar-refractivity contribution in [3.63, 3.8) is 0 Å². The number of rotatable bonds is 6. The fourth-order valence-electron chi connectivity index (χ4n) is 2.02. The van der Waals surface area contributed by atoms with Crippen molar-refractivity contribution in [2.45, 2.75) is 33.7 Å². The Hall–Kier alpha value is -1.62. The summed E-state index contributed by atoms with van der Waals surface area (Å²) < 4.78 is 5.01. The van der Waals surface area contributed by atoms with E-state index in [4.69, 9.17) is 22.7 Å². The molecule has 20 heavy (non-hydrogen) atoms. The van der Waals surface area contributed by atoms with Crippen LogP contribution in [-0.4, -0.2) is 30.2 Å². The lowest BCUT2D eigenvalue weighted by atomic mass is 10.1. The van der Waals surface area contributed by atoms with E-state index in [1.54, 1.807) is 6.92 Å². The summed E-state index contributed by atoms with van der Waals surface area (Å²) in [6, 6.07) is 6.01. The van der Waals surface area contributed by atoms with E-state index in [1.807, 2.05) is 43.9 Å². The molecule has 0 aliphatic rings. The Bertz CT molecular complexity index is 501. The SMILES string of the molecule is CCOC(=O)CN(c1ccc(C(N)=S)c(C)c1)C(C)C. The van der Waals surface area contributed by atoms with Gasteiger partial charge in [0.15, 0.2) is 0 Å². The molecule has 4 nitrogen and oxygen atoms in total. The second-order valence-electron chi connectivity index (χ2n) is 4.89. The lowest BCUT2D eigenvalue weighted by Gasteiger charge is -2.28. The van der Waals surface area contributed by atoms with Gasteiger partial charge in [-0.3, -0.25) is 4.79 Å². The summed E-state index contributed by atoms with van der Waals surface area (Å²) in [7, 11) is 0. The Kier molecular flexibility index (Phi) is 5.95. The number of aryl methyl sites for hydroxylation is 1. The molecule has 1 rings (SSSR count). The van der Waals surface area contributed by atoms with Crippen LogP contribution in [0.3, 0.4) is 0 Å². The summed E-state index contributed by atoms with van der Waals surface area (Å²) in [5.41, 5.74) is 8.50. The summed E-state index contributed by atoms with van der Waals surface area (Å²) in [5, 5.41) is 0. The van der Waals surface area contributed by atoms with Crippen LogP contribution in [0.15, 0.2) is 18.2 Å². The first-order chi connectivity index (χ1) is 9.36. The van der Waals surface area contributed by atoms with Crippen LogP contribution in [0, 0.1) is 6.92 Å². The molecule has 0 aliphatic heterocycles. The van der Waals surface area contributed by atoms with Gasteiger partial charge in [-0.15, -0.1) is 0 Å². The molecule has 0 radical (unpaired) electrons. The molecule has 0 aromatic heterocycles. The van der Waals surface area contributed by atoms with Crippen molar-refractivity contribution in [3.05, 3.63) is 29.3 Å². The number of hydrogen-bond donors (Lipinski definition) is 1. The number of hydrogen-bond acceptors (Lipinski definition) is 4. The van der Waals surface area contributed by atoms with Gasteiger partial charge in [-0.05, 0) is 51.5 Å². The summed E-state index contributed by atoms with van der Waals surface area (Å²) >= 11 is 5.00. The molecule has 1 aromatic carbocycles. The topological polar surface area (TPSA) is 55.6 Å². The molecule has 5 heteroatoms. The van der Waals surface area contributed by atoms with Gasteiger partial charge >= 0.3 is 5.97 Å². The van der Waals surface area contributed by atoms with Gasteiger partial charge in [0.05, 0.1) is 6.61 Å². The lowest BCUT2D eigenvalue weighted by molar-refractivity contribution is -0.141. The zero-order valence-corrected chi connectivity index (χ0v) is 13.3. The van der Waals surface area contributed by atoms with Crippen molar-refractivity contribution in [2.24, 2.45) is 5.73 Å². The Morgan fingerprint density at radius 1 is 1.45 bits per heavy atom. The fourth-order valence-corrected chi connectivity index (χ4v) is 2.25. The Labute approximate surface area is 125 Å². The quantitative estimate of drug-likeness (QED) is 0.645. The fraction of sp³-hybridized carbons (Fsp3) is 0.467. The minimum Gasteiger partial charge on any atom is -0.465 e. The maximum Gasteiger partial charge on any atom is 0.325 e. The first kappa shape index (κ1) is 16.4. The van der Waals surface area contributed by atoms with Crippen LogP contribution in [0.25, 0.3) is 0 Å². The van der Waals surface area contributed by atoms with Crippen molar-refractivity contribution in [1.82, 2.24) is 0 Å². The third kappa shape index (κ3) is 4.20. The van der Waals surface area contributed by atoms with Crippen LogP contribution in [0.5, 0.6) is 0 Å². The van der Waals surface area contributed by atoms with Crippen LogP contribution >= 0.6 is 12.2 Å². The number of ether oxygens (including phenoxy) is 1. The number of nitrogens with two attached hydrogens (primary N) is 1. The molecule has 1 aromatic rings. The zero-order chi connectivity index (χ0) is 15.3. The average molecular weight is 294 g/mol. The minimum atomic E-state index is -0.225. The minimum absolute atomic E-state index is 0.189. The van der Waals surface area contributed by atoms with Gasteiger partial charge in [0.2, 0.25) is 0 Å². The largest absolute Gasteiger partial charge is 0.465 e. The molecule has 0 unspecified atom stereocenters. The highest BCUT2D eigenvalue weighted by Crippen LogP contribution is 2.21. The molecular weight excluding hydrogens is 272 g/mol. The smallest absolute Gasteiger partial charge is 0.325 e. The van der Waals surface area contributed by atoms with Crippen molar-refractivity contribution in [1.29, 1.82) is 0 Å². The predicted molar refractivity (Wildman–Crippen MR) is 86.2 cm³/mol. The first-order valence-electron chi connectivity index (χ1n) is 6.69. The van der Waals surface area contributed by atoms with E-state index in [2.05, 4.69) is 0 Å². The molecule has 0 amide bonds. The Morgan fingerprint density at radius 3 is 2.55 bits per heavy atom. The zero-order valence-electron chi connectivity index (χ0n) is 12.5. The summed E-state index contributed by atoms with van der Waals surface area (Å²) in [4.78, 5) is 14.1. The number of thiocarbonyl (C=S) groups is 1. The number of nitrogens with zero attached hydrogens (tertiary/aromatic N) is 1. The van der Waals surface area contributed by atoms with Crippen LogP contribution in [0.1, 0.15) is 31.9 Å². The van der Waals surface area contributed by atoms with Crippen LogP contribution in [-0.2, 0) is 9.53 Å². The number of carbonyl (C=O) groups is 1. The molecule has 2 N–H and O–H groups in total. The van der Waals surface area contributed by atoms with Gasteiger partial charge in [-0.2, -0.15) is 0 Å². The maximum absolute atomic E-state index is 11.7. The highest BCUT2D eigenvalue weighted by molar-refractivity contribution is 7.80. The van der Waals surface area contributed by atoms with Gasteiger partial charge < -0.3 is 15.4 Å². The van der Waals surface area contributed by atoms with Gasteiger partial charge in [-0.1, -0.05) is 12.2 Å². The standard InChI is InChI=1S/C15H22N2O2S/c1-5-19-14(18)9-17(10(2)3)12-6-7-13(15(16)20)11(4)8-12/h6-8,10H,5,9H2,1-4H3,(H2,16,20). The molecule has 0 aliphatic carbocycles. The normalized spacial score (nSPS) is 10.4. The van der Waals surface area contributed by atoms with Gasteiger partial charge in [-0.25, -0.2) is 0 Å². The molecular formula is C15H22N2O2S. The van der Waals surface area contributed by atoms with Crippen molar-refractivity contribution >= 4 is 28.9 Å². The molecule has 0 saturated carbocycles. The maximum atomic E-state index is 11.7. The molecule has 0 atom stereocenters. The lowest BCUT2D eigenvalue weighted by Crippen LogP contribution is -2.36. The van der Waals surface area contributed by atoms with Gasteiger partial charge in [0, 0.05) is 17.3 Å². The first-order valence-corrected chi connectivity index (χ1v) is 7.10. The van der Waals surface area contributed by atoms with Crippen molar-refractivity contribution in [3.8, 4) is 0 Å². The third-order valence-corrected chi connectivity index (χ3v) is 3.26. The Balaban J connectivity index is 3.01. The second kappa shape index (κ2) is 7.24.